The van der Waals surface area contributed by atoms with Gasteiger partial charge in [0, 0.05) is 0 Å². The van der Waals surface area contributed by atoms with E-state index in [0.29, 0.717) is 0 Å². The smallest absolute Gasteiger partial charge is 0.0105 e. The first-order valence-corrected chi connectivity index (χ1v) is 5.48. The molecule has 3 aromatic carbocycles. The van der Waals surface area contributed by atoms with Crippen LogP contribution in [0.5, 0.6) is 0 Å². The summed E-state index contributed by atoms with van der Waals surface area (Å²) in [4.78, 5) is 0. The molecule has 0 radical (unpaired) electrons. The Kier molecular flexibility index (Phi) is 2.19. The van der Waals surface area contributed by atoms with Crippen molar-refractivity contribution < 1.29 is 0 Å². The van der Waals surface area contributed by atoms with Gasteiger partial charge >= 0.3 is 0 Å². The van der Waals surface area contributed by atoms with Crippen LogP contribution in [0, 0.1) is 0 Å². The zero-order chi connectivity index (χ0) is 10.8. The number of rotatable bonds is 0. The Morgan fingerprint density at radius 1 is 0.500 bits per heavy atom. The largest absolute Gasteiger partial charge is 0.0622 e. The van der Waals surface area contributed by atoms with E-state index in [2.05, 4.69) is 72.8 Å². The molecule has 16 heavy (non-hydrogen) atoms. The van der Waals surface area contributed by atoms with E-state index in [-0.39, 0.29) is 0 Å². The van der Waals surface area contributed by atoms with Crippen molar-refractivity contribution in [2.24, 2.45) is 0 Å². The fraction of sp³-hybridized carbons (Fsp3) is 0. The SMILES string of the molecule is c1cccc2cccc3ccc(cc1)cc23. The van der Waals surface area contributed by atoms with Gasteiger partial charge in [-0.2, -0.15) is 0 Å². The summed E-state index contributed by atoms with van der Waals surface area (Å²) < 4.78 is 0. The van der Waals surface area contributed by atoms with Crippen LogP contribution in [0.15, 0.2) is 72.8 Å². The van der Waals surface area contributed by atoms with Crippen LogP contribution < -0.4 is 0 Å². The molecule has 0 aromatic heterocycles. The molecule has 76 valence electrons. The van der Waals surface area contributed by atoms with Crippen LogP contribution in [0.25, 0.3) is 21.5 Å². The monoisotopic (exact) mass is 204 g/mol. The fourth-order valence-corrected chi connectivity index (χ4v) is 2.02. The molecule has 0 saturated heterocycles. The summed E-state index contributed by atoms with van der Waals surface area (Å²) in [7, 11) is 0. The summed E-state index contributed by atoms with van der Waals surface area (Å²) in [5, 5.41) is 5.14. The molecule has 0 aliphatic rings. The molecule has 0 amide bonds. The Labute approximate surface area is 94.8 Å². The van der Waals surface area contributed by atoms with Crippen LogP contribution in [0.3, 0.4) is 0 Å². The van der Waals surface area contributed by atoms with E-state index in [1.807, 2.05) is 0 Å². The zero-order valence-corrected chi connectivity index (χ0v) is 8.93. The number of hydrogen-bond donors (Lipinski definition) is 0. The predicted molar refractivity (Wildman–Crippen MR) is 70.3 cm³/mol. The van der Waals surface area contributed by atoms with Gasteiger partial charge in [-0.05, 0) is 27.6 Å². The van der Waals surface area contributed by atoms with Gasteiger partial charge in [-0.25, -0.2) is 0 Å². The van der Waals surface area contributed by atoms with Crippen molar-refractivity contribution in [1.82, 2.24) is 0 Å². The minimum absolute atomic E-state index is 1.25. The van der Waals surface area contributed by atoms with E-state index in [0.717, 1.165) is 0 Å². The molecule has 0 atom stereocenters. The second-order valence-electron chi connectivity index (χ2n) is 3.93. The molecule has 3 rings (SSSR count). The fourth-order valence-electron chi connectivity index (χ4n) is 2.02. The Balaban J connectivity index is 2.56. The van der Waals surface area contributed by atoms with Gasteiger partial charge in [0.2, 0.25) is 0 Å². The van der Waals surface area contributed by atoms with E-state index >= 15 is 0 Å². The lowest BCUT2D eigenvalue weighted by molar-refractivity contribution is 1.76. The van der Waals surface area contributed by atoms with Gasteiger partial charge < -0.3 is 0 Å². The summed E-state index contributed by atoms with van der Waals surface area (Å²) in [5.74, 6) is 0. The molecule has 3 aromatic rings. The molecule has 0 aliphatic heterocycles. The summed E-state index contributed by atoms with van der Waals surface area (Å²) in [6, 6.07) is 25.5. The summed E-state index contributed by atoms with van der Waals surface area (Å²) in [6.45, 7) is 0. The first-order valence-electron chi connectivity index (χ1n) is 5.48. The van der Waals surface area contributed by atoms with E-state index in [4.69, 9.17) is 0 Å². The molecule has 0 aliphatic carbocycles. The normalized spacial score (nSPS) is 10.5. The quantitative estimate of drug-likeness (QED) is 0.503. The van der Waals surface area contributed by atoms with Gasteiger partial charge in [0.05, 0.1) is 0 Å². The summed E-state index contributed by atoms with van der Waals surface area (Å²) in [6.07, 6.45) is 0. The van der Waals surface area contributed by atoms with Gasteiger partial charge in [-0.3, -0.25) is 0 Å². The maximum Gasteiger partial charge on any atom is -0.0105 e. The average Bonchev–Trinajstić information content (AvgIpc) is 2.34. The van der Waals surface area contributed by atoms with Crippen LogP contribution in [-0.4, -0.2) is 0 Å². The van der Waals surface area contributed by atoms with Crippen molar-refractivity contribution in [3.8, 4) is 0 Å². The van der Waals surface area contributed by atoms with E-state index in [1.165, 1.54) is 21.5 Å². The van der Waals surface area contributed by atoms with E-state index < -0.39 is 0 Å². The van der Waals surface area contributed by atoms with E-state index in [1.54, 1.807) is 0 Å². The topological polar surface area (TPSA) is 0 Å². The highest BCUT2D eigenvalue weighted by Crippen LogP contribution is 2.21. The Hall–Kier alpha value is -2.08. The van der Waals surface area contributed by atoms with Crippen LogP contribution >= 0.6 is 0 Å². The van der Waals surface area contributed by atoms with Gasteiger partial charge in [-0.15, -0.1) is 0 Å². The highest BCUT2D eigenvalue weighted by atomic mass is 14.0. The Morgan fingerprint density at radius 3 is 2.06 bits per heavy atom. The molecule has 0 heteroatoms. The number of hydrogen-bond acceptors (Lipinski definition) is 0. The highest BCUT2D eigenvalue weighted by molar-refractivity contribution is 6.00. The van der Waals surface area contributed by atoms with Crippen molar-refractivity contribution in [3.63, 3.8) is 0 Å². The standard InChI is InChI=1S/C16H12/c1-2-4-7-14-8-5-9-15-11-10-13(6-3-1)12-16(14)15/h1-12H. The number of benzene rings is 2. The van der Waals surface area contributed by atoms with Gasteiger partial charge in [0.1, 0.15) is 0 Å². The molecule has 0 heterocycles. The minimum atomic E-state index is 1.25. The molecule has 2 bridgehead atoms. The van der Waals surface area contributed by atoms with Crippen molar-refractivity contribution in [2.45, 2.75) is 0 Å². The van der Waals surface area contributed by atoms with Gasteiger partial charge in [-0.1, -0.05) is 66.7 Å². The van der Waals surface area contributed by atoms with Crippen LogP contribution in [0.2, 0.25) is 0 Å². The zero-order valence-electron chi connectivity index (χ0n) is 8.93. The maximum absolute atomic E-state index is 2.24. The highest BCUT2D eigenvalue weighted by Gasteiger charge is 1.94. The molecular formula is C16H12. The first-order chi connectivity index (χ1) is 7.93. The van der Waals surface area contributed by atoms with Crippen LogP contribution in [-0.2, 0) is 0 Å². The van der Waals surface area contributed by atoms with Gasteiger partial charge in [0.15, 0.2) is 0 Å². The third kappa shape index (κ3) is 1.59. The lowest BCUT2D eigenvalue weighted by Crippen LogP contribution is -1.73. The Morgan fingerprint density at radius 2 is 1.19 bits per heavy atom. The molecule has 0 nitrogen and oxygen atoms in total. The summed E-state index contributed by atoms with van der Waals surface area (Å²) in [5.41, 5.74) is 0. The second kappa shape index (κ2) is 3.82. The first kappa shape index (κ1) is 9.17. The maximum atomic E-state index is 2.24. The molecule has 0 fully saturated rings. The van der Waals surface area contributed by atoms with Crippen molar-refractivity contribution in [3.05, 3.63) is 72.8 Å². The second-order valence-corrected chi connectivity index (χ2v) is 3.93. The van der Waals surface area contributed by atoms with Gasteiger partial charge in [0.25, 0.3) is 0 Å². The predicted octanol–water partition coefficient (Wildman–Crippen LogP) is 4.56. The molecule has 0 N–H and O–H groups in total. The lowest BCUT2D eigenvalue weighted by Gasteiger charge is -2.00. The van der Waals surface area contributed by atoms with Crippen molar-refractivity contribution >= 4 is 21.5 Å². The van der Waals surface area contributed by atoms with Crippen LogP contribution in [0.4, 0.5) is 0 Å². The Bertz CT molecular complexity index is 660. The minimum Gasteiger partial charge on any atom is -0.0622 e. The average molecular weight is 204 g/mol. The molecule has 0 unspecified atom stereocenters. The van der Waals surface area contributed by atoms with E-state index in [9.17, 15) is 0 Å². The lowest BCUT2D eigenvalue weighted by atomic mass is 10.0. The van der Waals surface area contributed by atoms with Crippen molar-refractivity contribution in [1.29, 1.82) is 0 Å². The van der Waals surface area contributed by atoms with Crippen molar-refractivity contribution in [2.75, 3.05) is 0 Å². The molecular weight excluding hydrogens is 192 g/mol. The van der Waals surface area contributed by atoms with Crippen LogP contribution in [0.1, 0.15) is 0 Å². The molecule has 0 spiro atoms. The molecule has 0 saturated carbocycles. The number of fused-ring (bicyclic) bond motifs is 1. The summed E-state index contributed by atoms with van der Waals surface area (Å²) >= 11 is 0. The third-order valence-corrected chi connectivity index (χ3v) is 2.84. The third-order valence-electron chi connectivity index (χ3n) is 2.84.